The highest BCUT2D eigenvalue weighted by Gasteiger charge is 2.33. The molecule has 1 saturated heterocycles. The fourth-order valence-corrected chi connectivity index (χ4v) is 4.59. The standard InChI is InChI=1S/C15H28N2OS/c16-12-15(7-3-1-4-8-15)10-14(18)17-11-13-6-2-5-9-19-13/h13H,1-12,16H2,(H,17,18). The van der Waals surface area contributed by atoms with Crippen molar-refractivity contribution in [1.29, 1.82) is 0 Å². The van der Waals surface area contributed by atoms with E-state index in [0.29, 0.717) is 18.2 Å². The van der Waals surface area contributed by atoms with Crippen molar-refractivity contribution < 1.29 is 4.79 Å². The van der Waals surface area contributed by atoms with Gasteiger partial charge in [0, 0.05) is 18.2 Å². The summed E-state index contributed by atoms with van der Waals surface area (Å²) in [7, 11) is 0. The first kappa shape index (κ1) is 15.2. The Morgan fingerprint density at radius 1 is 1.21 bits per heavy atom. The van der Waals surface area contributed by atoms with Gasteiger partial charge in [0.1, 0.15) is 0 Å². The molecule has 3 nitrogen and oxygen atoms in total. The van der Waals surface area contributed by atoms with Crippen LogP contribution >= 0.6 is 11.8 Å². The monoisotopic (exact) mass is 284 g/mol. The van der Waals surface area contributed by atoms with Gasteiger partial charge in [-0.05, 0) is 43.4 Å². The zero-order valence-corrected chi connectivity index (χ0v) is 12.8. The predicted octanol–water partition coefficient (Wildman–Crippen LogP) is 2.69. The second kappa shape index (κ2) is 7.53. The van der Waals surface area contributed by atoms with Gasteiger partial charge in [0.25, 0.3) is 0 Å². The minimum Gasteiger partial charge on any atom is -0.355 e. The van der Waals surface area contributed by atoms with Gasteiger partial charge in [-0.15, -0.1) is 0 Å². The molecule has 1 amide bonds. The number of amides is 1. The molecule has 3 N–H and O–H groups in total. The number of carbonyl (C=O) groups excluding carboxylic acids is 1. The van der Waals surface area contributed by atoms with Gasteiger partial charge in [0.15, 0.2) is 0 Å². The maximum Gasteiger partial charge on any atom is 0.220 e. The maximum absolute atomic E-state index is 12.1. The molecule has 0 radical (unpaired) electrons. The summed E-state index contributed by atoms with van der Waals surface area (Å²) in [6, 6.07) is 0. The summed E-state index contributed by atoms with van der Waals surface area (Å²) >= 11 is 2.02. The third kappa shape index (κ3) is 4.67. The molecule has 0 bridgehead atoms. The number of nitrogens with two attached hydrogens (primary N) is 1. The van der Waals surface area contributed by atoms with Crippen molar-refractivity contribution >= 4 is 17.7 Å². The van der Waals surface area contributed by atoms with E-state index in [0.717, 1.165) is 19.4 Å². The quantitative estimate of drug-likeness (QED) is 0.816. The molecule has 1 aliphatic heterocycles. The minimum absolute atomic E-state index is 0.0992. The molecule has 1 aliphatic carbocycles. The Balaban J connectivity index is 1.72. The molecule has 1 saturated carbocycles. The molecule has 19 heavy (non-hydrogen) atoms. The molecule has 1 heterocycles. The van der Waals surface area contributed by atoms with Gasteiger partial charge in [-0.1, -0.05) is 25.7 Å². The van der Waals surface area contributed by atoms with Crippen molar-refractivity contribution in [3.8, 4) is 0 Å². The highest BCUT2D eigenvalue weighted by molar-refractivity contribution is 7.99. The lowest BCUT2D eigenvalue weighted by Crippen LogP contribution is -2.40. The Labute approximate surface area is 121 Å². The number of thioether (sulfide) groups is 1. The Kier molecular flexibility index (Phi) is 6.02. The number of rotatable bonds is 5. The van der Waals surface area contributed by atoms with Crippen LogP contribution in [0.25, 0.3) is 0 Å². The van der Waals surface area contributed by atoms with Crippen LogP contribution < -0.4 is 11.1 Å². The average molecular weight is 284 g/mol. The van der Waals surface area contributed by atoms with Gasteiger partial charge in [0.2, 0.25) is 5.91 Å². The topological polar surface area (TPSA) is 55.1 Å². The van der Waals surface area contributed by atoms with Gasteiger partial charge in [-0.25, -0.2) is 0 Å². The number of hydrogen-bond acceptors (Lipinski definition) is 3. The van der Waals surface area contributed by atoms with Crippen molar-refractivity contribution in [1.82, 2.24) is 5.32 Å². The van der Waals surface area contributed by atoms with E-state index in [1.54, 1.807) is 0 Å². The average Bonchev–Trinajstić information content (AvgIpc) is 2.47. The highest BCUT2D eigenvalue weighted by Crippen LogP contribution is 2.38. The Hall–Kier alpha value is -0.220. The molecule has 1 unspecified atom stereocenters. The molecule has 2 fully saturated rings. The fourth-order valence-electron chi connectivity index (χ4n) is 3.35. The van der Waals surface area contributed by atoms with E-state index in [4.69, 9.17) is 5.73 Å². The highest BCUT2D eigenvalue weighted by atomic mass is 32.2. The zero-order chi connectivity index (χ0) is 13.6. The second-order valence-electron chi connectivity index (χ2n) is 6.23. The molecule has 0 aromatic heterocycles. The van der Waals surface area contributed by atoms with Crippen LogP contribution in [0.2, 0.25) is 0 Å². The van der Waals surface area contributed by atoms with E-state index >= 15 is 0 Å². The molecule has 2 aliphatic rings. The van der Waals surface area contributed by atoms with Gasteiger partial charge in [0.05, 0.1) is 0 Å². The molecule has 2 rings (SSSR count). The Morgan fingerprint density at radius 3 is 2.63 bits per heavy atom. The Bertz CT molecular complexity index is 284. The first-order valence-corrected chi connectivity index (χ1v) is 8.87. The first-order chi connectivity index (χ1) is 9.24. The minimum atomic E-state index is 0.0992. The largest absolute Gasteiger partial charge is 0.355 e. The number of carbonyl (C=O) groups is 1. The number of nitrogens with one attached hydrogen (secondary N) is 1. The zero-order valence-electron chi connectivity index (χ0n) is 12.0. The van der Waals surface area contributed by atoms with E-state index in [-0.39, 0.29) is 11.3 Å². The summed E-state index contributed by atoms with van der Waals surface area (Å²) in [6.45, 7) is 1.52. The molecule has 1 atom stereocenters. The van der Waals surface area contributed by atoms with E-state index in [2.05, 4.69) is 5.32 Å². The van der Waals surface area contributed by atoms with Gasteiger partial charge in [-0.3, -0.25) is 4.79 Å². The summed E-state index contributed by atoms with van der Waals surface area (Å²) in [6.07, 6.45) is 10.6. The van der Waals surface area contributed by atoms with Crippen molar-refractivity contribution in [2.45, 2.75) is 63.0 Å². The smallest absolute Gasteiger partial charge is 0.220 e. The summed E-state index contributed by atoms with van der Waals surface area (Å²) in [5.74, 6) is 1.48. The van der Waals surface area contributed by atoms with Crippen molar-refractivity contribution in [3.63, 3.8) is 0 Å². The normalized spacial score (nSPS) is 26.9. The van der Waals surface area contributed by atoms with Crippen LogP contribution in [0.4, 0.5) is 0 Å². The van der Waals surface area contributed by atoms with E-state index in [9.17, 15) is 4.79 Å². The predicted molar refractivity (Wildman–Crippen MR) is 82.3 cm³/mol. The second-order valence-corrected chi connectivity index (χ2v) is 7.64. The summed E-state index contributed by atoms with van der Waals surface area (Å²) < 4.78 is 0. The van der Waals surface area contributed by atoms with Crippen LogP contribution in [0.5, 0.6) is 0 Å². The van der Waals surface area contributed by atoms with Gasteiger partial charge >= 0.3 is 0 Å². The molecule has 4 heteroatoms. The van der Waals surface area contributed by atoms with Gasteiger partial charge in [-0.2, -0.15) is 11.8 Å². The number of hydrogen-bond donors (Lipinski definition) is 2. The molecule has 0 aromatic rings. The van der Waals surface area contributed by atoms with Crippen LogP contribution in [0.15, 0.2) is 0 Å². The summed E-state index contributed by atoms with van der Waals surface area (Å²) in [5.41, 5.74) is 6.04. The molecule has 0 aromatic carbocycles. The Morgan fingerprint density at radius 2 is 2.00 bits per heavy atom. The molecule has 110 valence electrons. The lowest BCUT2D eigenvalue weighted by atomic mass is 9.71. The van der Waals surface area contributed by atoms with Crippen molar-refractivity contribution in [2.24, 2.45) is 11.1 Å². The third-order valence-electron chi connectivity index (χ3n) is 4.68. The fraction of sp³-hybridized carbons (Fsp3) is 0.933. The van der Waals surface area contributed by atoms with E-state index in [1.807, 2.05) is 11.8 Å². The van der Waals surface area contributed by atoms with Crippen LogP contribution in [-0.4, -0.2) is 30.0 Å². The first-order valence-electron chi connectivity index (χ1n) is 7.82. The van der Waals surface area contributed by atoms with Crippen LogP contribution in [-0.2, 0) is 4.79 Å². The van der Waals surface area contributed by atoms with E-state index in [1.165, 1.54) is 44.3 Å². The van der Waals surface area contributed by atoms with Crippen molar-refractivity contribution in [3.05, 3.63) is 0 Å². The van der Waals surface area contributed by atoms with Gasteiger partial charge < -0.3 is 11.1 Å². The lowest BCUT2D eigenvalue weighted by molar-refractivity contribution is -0.123. The SMILES string of the molecule is NCC1(CC(=O)NCC2CCCCS2)CCCCC1. The third-order valence-corrected chi connectivity index (χ3v) is 6.08. The molecular formula is C15H28N2OS. The van der Waals surface area contributed by atoms with Crippen LogP contribution in [0.1, 0.15) is 57.8 Å². The van der Waals surface area contributed by atoms with E-state index < -0.39 is 0 Å². The summed E-state index contributed by atoms with van der Waals surface area (Å²) in [4.78, 5) is 12.1. The maximum atomic E-state index is 12.1. The molecule has 0 spiro atoms. The van der Waals surface area contributed by atoms with Crippen LogP contribution in [0.3, 0.4) is 0 Å². The lowest BCUT2D eigenvalue weighted by Gasteiger charge is -2.35. The van der Waals surface area contributed by atoms with Crippen LogP contribution in [0, 0.1) is 5.41 Å². The molecular weight excluding hydrogens is 256 g/mol. The summed E-state index contributed by atoms with van der Waals surface area (Å²) in [5, 5.41) is 3.78. The van der Waals surface area contributed by atoms with Crippen molar-refractivity contribution in [2.75, 3.05) is 18.8 Å².